The van der Waals surface area contributed by atoms with Gasteiger partial charge in [-0.2, -0.15) is 0 Å². The van der Waals surface area contributed by atoms with Crippen molar-refractivity contribution >= 4 is 5.82 Å². The molecular formula is C17H31N3. The highest BCUT2D eigenvalue weighted by Crippen LogP contribution is 2.24. The highest BCUT2D eigenvalue weighted by atomic mass is 15.2. The molecule has 114 valence electrons. The Morgan fingerprint density at radius 2 is 1.90 bits per heavy atom. The minimum Gasteiger partial charge on any atom is -0.353 e. The number of aromatic nitrogens is 1. The average molecular weight is 277 g/mol. The number of pyridine rings is 1. The van der Waals surface area contributed by atoms with E-state index < -0.39 is 0 Å². The third-order valence-corrected chi connectivity index (χ3v) is 3.71. The lowest BCUT2D eigenvalue weighted by atomic mass is 10.1. The molecule has 0 spiro atoms. The molecule has 0 atom stereocenters. The van der Waals surface area contributed by atoms with Crippen molar-refractivity contribution in [3.8, 4) is 0 Å². The largest absolute Gasteiger partial charge is 0.353 e. The zero-order chi connectivity index (χ0) is 15.1. The van der Waals surface area contributed by atoms with E-state index in [4.69, 9.17) is 4.98 Å². The van der Waals surface area contributed by atoms with Gasteiger partial charge in [0.15, 0.2) is 0 Å². The summed E-state index contributed by atoms with van der Waals surface area (Å²) in [5.41, 5.74) is 2.54. The first-order valence-electron chi connectivity index (χ1n) is 7.90. The van der Waals surface area contributed by atoms with Crippen molar-refractivity contribution in [1.29, 1.82) is 0 Å². The van der Waals surface area contributed by atoms with Crippen LogP contribution in [0.2, 0.25) is 0 Å². The smallest absolute Gasteiger partial charge is 0.131 e. The van der Waals surface area contributed by atoms with E-state index in [1.54, 1.807) is 0 Å². The van der Waals surface area contributed by atoms with Crippen molar-refractivity contribution in [3.63, 3.8) is 0 Å². The number of hydrogen-bond donors (Lipinski definition) is 1. The Balaban J connectivity index is 3.06. The first-order valence-corrected chi connectivity index (χ1v) is 7.90. The highest BCUT2D eigenvalue weighted by Gasteiger charge is 2.19. The molecule has 3 nitrogen and oxygen atoms in total. The summed E-state index contributed by atoms with van der Waals surface area (Å²) in [6.07, 6.45) is 4.35. The van der Waals surface area contributed by atoms with Crippen LogP contribution in [0.25, 0.3) is 0 Å². The third-order valence-electron chi connectivity index (χ3n) is 3.71. The number of nitrogens with one attached hydrogen (secondary N) is 1. The van der Waals surface area contributed by atoms with Crippen LogP contribution in [0.15, 0.2) is 12.3 Å². The molecule has 3 heteroatoms. The third kappa shape index (κ3) is 4.48. The first kappa shape index (κ1) is 17.0. The second-order valence-corrected chi connectivity index (χ2v) is 6.03. The van der Waals surface area contributed by atoms with Crippen LogP contribution in [0.4, 0.5) is 5.82 Å². The summed E-state index contributed by atoms with van der Waals surface area (Å²) >= 11 is 0. The van der Waals surface area contributed by atoms with Crippen molar-refractivity contribution < 1.29 is 0 Å². The lowest BCUT2D eigenvalue weighted by Gasteiger charge is -2.34. The molecule has 20 heavy (non-hydrogen) atoms. The van der Waals surface area contributed by atoms with Gasteiger partial charge in [-0.25, -0.2) is 4.98 Å². The fraction of sp³-hybridized carbons (Fsp3) is 0.706. The molecule has 0 radical (unpaired) electrons. The topological polar surface area (TPSA) is 28.2 Å². The summed E-state index contributed by atoms with van der Waals surface area (Å²) in [5.74, 6) is 1.81. The Hall–Kier alpha value is -1.09. The number of nitrogens with zero attached hydrogens (tertiary/aromatic N) is 2. The molecule has 0 unspecified atom stereocenters. The number of anilines is 1. The monoisotopic (exact) mass is 277 g/mol. The zero-order valence-electron chi connectivity index (χ0n) is 14.0. The molecule has 1 N–H and O–H groups in total. The Labute approximate surface area is 124 Å². The zero-order valence-corrected chi connectivity index (χ0v) is 14.0. The maximum Gasteiger partial charge on any atom is 0.131 e. The lowest BCUT2D eigenvalue weighted by Crippen LogP contribution is -2.38. The Kier molecular flexibility index (Phi) is 7.00. The Morgan fingerprint density at radius 3 is 2.35 bits per heavy atom. The molecule has 1 aromatic heterocycles. The van der Waals surface area contributed by atoms with Gasteiger partial charge in [0.05, 0.1) is 0 Å². The molecule has 1 aromatic rings. The van der Waals surface area contributed by atoms with Gasteiger partial charge in [0.25, 0.3) is 0 Å². The Morgan fingerprint density at radius 1 is 1.25 bits per heavy atom. The van der Waals surface area contributed by atoms with Crippen LogP contribution in [-0.4, -0.2) is 24.6 Å². The van der Waals surface area contributed by atoms with Crippen LogP contribution < -0.4 is 10.2 Å². The van der Waals surface area contributed by atoms with E-state index in [1.165, 1.54) is 24.0 Å². The van der Waals surface area contributed by atoms with Gasteiger partial charge in [-0.3, -0.25) is 0 Å². The fourth-order valence-corrected chi connectivity index (χ4v) is 2.76. The molecular weight excluding hydrogens is 246 g/mol. The van der Waals surface area contributed by atoms with Crippen molar-refractivity contribution in [3.05, 3.63) is 23.4 Å². The standard InChI is InChI=1S/C17H31N3/c1-7-16(8-2)20(12-13(3)4)17-14(5)9-15(10-18-6)11-19-17/h9,11,13,16,18H,7-8,10,12H2,1-6H3. The number of aryl methyl sites for hydroxylation is 1. The van der Waals surface area contributed by atoms with Gasteiger partial charge in [-0.05, 0) is 49.9 Å². The maximum absolute atomic E-state index is 4.75. The molecule has 0 aliphatic rings. The van der Waals surface area contributed by atoms with E-state index in [0.29, 0.717) is 12.0 Å². The van der Waals surface area contributed by atoms with E-state index >= 15 is 0 Å². The van der Waals surface area contributed by atoms with Gasteiger partial charge < -0.3 is 10.2 Å². The lowest BCUT2D eigenvalue weighted by molar-refractivity contribution is 0.502. The maximum atomic E-state index is 4.75. The second-order valence-electron chi connectivity index (χ2n) is 6.03. The normalized spacial score (nSPS) is 11.4. The quantitative estimate of drug-likeness (QED) is 0.784. The summed E-state index contributed by atoms with van der Waals surface area (Å²) < 4.78 is 0. The van der Waals surface area contributed by atoms with E-state index in [9.17, 15) is 0 Å². The molecule has 0 saturated carbocycles. The molecule has 1 heterocycles. The molecule has 0 fully saturated rings. The van der Waals surface area contributed by atoms with Crippen LogP contribution in [-0.2, 0) is 6.54 Å². The first-order chi connectivity index (χ1) is 9.53. The van der Waals surface area contributed by atoms with E-state index in [-0.39, 0.29) is 0 Å². The molecule has 0 aromatic carbocycles. The van der Waals surface area contributed by atoms with Crippen LogP contribution in [0.3, 0.4) is 0 Å². The summed E-state index contributed by atoms with van der Waals surface area (Å²) in [6, 6.07) is 2.84. The molecule has 0 aliphatic carbocycles. The van der Waals surface area contributed by atoms with Crippen molar-refractivity contribution in [1.82, 2.24) is 10.3 Å². The second kappa shape index (κ2) is 8.25. The Bertz CT molecular complexity index is 397. The number of hydrogen-bond acceptors (Lipinski definition) is 3. The van der Waals surface area contributed by atoms with Crippen LogP contribution in [0.1, 0.15) is 51.7 Å². The van der Waals surface area contributed by atoms with E-state index in [2.05, 4.69) is 50.9 Å². The van der Waals surface area contributed by atoms with E-state index in [1.807, 2.05) is 13.2 Å². The summed E-state index contributed by atoms with van der Waals surface area (Å²) in [5, 5.41) is 3.18. The molecule has 1 rings (SSSR count). The average Bonchev–Trinajstić information content (AvgIpc) is 2.39. The van der Waals surface area contributed by atoms with Gasteiger partial charge in [0.1, 0.15) is 5.82 Å². The van der Waals surface area contributed by atoms with Crippen molar-refractivity contribution in [2.75, 3.05) is 18.5 Å². The van der Waals surface area contributed by atoms with Crippen LogP contribution in [0.5, 0.6) is 0 Å². The van der Waals surface area contributed by atoms with Gasteiger partial charge in [-0.15, -0.1) is 0 Å². The molecule has 0 bridgehead atoms. The SMILES string of the molecule is CCC(CC)N(CC(C)C)c1ncc(CNC)cc1C. The van der Waals surface area contributed by atoms with Gasteiger partial charge in [0.2, 0.25) is 0 Å². The number of rotatable bonds is 8. The summed E-state index contributed by atoms with van der Waals surface area (Å²) in [7, 11) is 1.97. The highest BCUT2D eigenvalue weighted by molar-refractivity contribution is 5.48. The van der Waals surface area contributed by atoms with Gasteiger partial charge >= 0.3 is 0 Å². The fourth-order valence-electron chi connectivity index (χ4n) is 2.76. The van der Waals surface area contributed by atoms with Crippen LogP contribution in [0, 0.1) is 12.8 Å². The van der Waals surface area contributed by atoms with Crippen molar-refractivity contribution in [2.24, 2.45) is 5.92 Å². The minimum absolute atomic E-state index is 0.582. The van der Waals surface area contributed by atoms with Crippen LogP contribution >= 0.6 is 0 Å². The predicted octanol–water partition coefficient (Wildman–Crippen LogP) is 3.76. The molecule has 0 amide bonds. The summed E-state index contributed by atoms with van der Waals surface area (Å²) in [4.78, 5) is 7.26. The van der Waals surface area contributed by atoms with Gasteiger partial charge in [0, 0.05) is 25.3 Å². The molecule has 0 saturated heterocycles. The van der Waals surface area contributed by atoms with Crippen molar-refractivity contribution in [2.45, 2.75) is 60.0 Å². The predicted molar refractivity (Wildman–Crippen MR) is 88.3 cm³/mol. The van der Waals surface area contributed by atoms with Gasteiger partial charge in [-0.1, -0.05) is 27.7 Å². The molecule has 0 aliphatic heterocycles. The minimum atomic E-state index is 0.582. The van der Waals surface area contributed by atoms with E-state index in [0.717, 1.165) is 18.9 Å². The summed E-state index contributed by atoms with van der Waals surface area (Å²) in [6.45, 7) is 13.2.